The van der Waals surface area contributed by atoms with Gasteiger partial charge in [-0.2, -0.15) is 0 Å². The summed E-state index contributed by atoms with van der Waals surface area (Å²) < 4.78 is 35.9. The minimum absolute atomic E-state index is 0.0656. The number of rotatable bonds is 10. The Morgan fingerprint density at radius 3 is 2.53 bits per heavy atom. The standard InChI is InChI=1S/C24H30N6O5S/c1-15-10-17(13-27-11-15)24(26-3)30-22-19(34-4)6-5-7-20(22)35-9-8-21(36(25,32)33)23(31)18-14-28-16(2)12-29-18/h5-7,10-14,21,23,31H,8-9H2,1-4H3,(H,26,30)(H2,25,32,33)/t21-,23-/m1/s1. The van der Waals surface area contributed by atoms with Crippen LogP contribution in [0.15, 0.2) is 54.0 Å². The minimum atomic E-state index is -4.13. The summed E-state index contributed by atoms with van der Waals surface area (Å²) in [6, 6.07) is 7.14. The summed E-state index contributed by atoms with van der Waals surface area (Å²) in [6.07, 6.45) is 4.64. The highest BCUT2D eigenvalue weighted by atomic mass is 32.2. The Hall–Kier alpha value is -3.61. The molecule has 0 fully saturated rings. The van der Waals surface area contributed by atoms with E-state index >= 15 is 0 Å². The summed E-state index contributed by atoms with van der Waals surface area (Å²) in [5.41, 5.74) is 2.98. The highest BCUT2D eigenvalue weighted by Gasteiger charge is 2.32. The maximum Gasteiger partial charge on any atom is 0.215 e. The van der Waals surface area contributed by atoms with Gasteiger partial charge in [-0.15, -0.1) is 0 Å². The van der Waals surface area contributed by atoms with Crippen LogP contribution in [0.1, 0.15) is 35.0 Å². The second kappa shape index (κ2) is 11.9. The molecule has 0 aliphatic heterocycles. The van der Waals surface area contributed by atoms with Crippen molar-refractivity contribution in [3.8, 4) is 11.5 Å². The van der Waals surface area contributed by atoms with E-state index in [1.165, 1.54) is 19.5 Å². The van der Waals surface area contributed by atoms with Crippen LogP contribution < -0.4 is 19.9 Å². The number of benzene rings is 1. The van der Waals surface area contributed by atoms with Gasteiger partial charge in [0.25, 0.3) is 0 Å². The quantitative estimate of drug-likeness (QED) is 0.272. The van der Waals surface area contributed by atoms with E-state index in [9.17, 15) is 13.5 Å². The number of nitrogens with one attached hydrogen (secondary N) is 1. The number of aryl methyl sites for hydroxylation is 2. The number of sulfonamides is 1. The molecular weight excluding hydrogens is 484 g/mol. The summed E-state index contributed by atoms with van der Waals surface area (Å²) in [5.74, 6) is 1.43. The van der Waals surface area contributed by atoms with Gasteiger partial charge >= 0.3 is 0 Å². The number of methoxy groups -OCH3 is 1. The molecule has 0 spiro atoms. The smallest absolute Gasteiger partial charge is 0.215 e. The van der Waals surface area contributed by atoms with Crippen LogP contribution in [0, 0.1) is 13.8 Å². The predicted molar refractivity (Wildman–Crippen MR) is 137 cm³/mol. The number of aliphatic hydroxyl groups is 1. The van der Waals surface area contributed by atoms with Crippen LogP contribution in [0.5, 0.6) is 11.5 Å². The number of hydrogen-bond acceptors (Lipinski definition) is 9. The fourth-order valence-electron chi connectivity index (χ4n) is 3.52. The molecule has 0 saturated heterocycles. The van der Waals surface area contributed by atoms with E-state index in [1.54, 1.807) is 44.6 Å². The molecule has 0 radical (unpaired) electrons. The second-order valence-electron chi connectivity index (χ2n) is 8.07. The van der Waals surface area contributed by atoms with E-state index in [-0.39, 0.29) is 18.7 Å². The van der Waals surface area contributed by atoms with Gasteiger partial charge in [-0.3, -0.25) is 19.9 Å². The average molecular weight is 515 g/mol. The largest absolute Gasteiger partial charge is 0.494 e. The van der Waals surface area contributed by atoms with Crippen molar-refractivity contribution < 1.29 is 23.0 Å². The molecule has 36 heavy (non-hydrogen) atoms. The number of para-hydroxylation sites is 1. The Labute approximate surface area is 210 Å². The van der Waals surface area contributed by atoms with Crippen molar-refractivity contribution in [2.45, 2.75) is 31.6 Å². The van der Waals surface area contributed by atoms with Crippen molar-refractivity contribution in [1.29, 1.82) is 0 Å². The van der Waals surface area contributed by atoms with Gasteiger partial charge in [0.2, 0.25) is 10.0 Å². The molecule has 0 aliphatic rings. The summed E-state index contributed by atoms with van der Waals surface area (Å²) >= 11 is 0. The fraction of sp³-hybridized carbons (Fsp3) is 0.333. The van der Waals surface area contributed by atoms with Gasteiger partial charge < -0.3 is 19.9 Å². The van der Waals surface area contributed by atoms with E-state index in [0.29, 0.717) is 28.7 Å². The van der Waals surface area contributed by atoms with E-state index in [4.69, 9.17) is 14.6 Å². The second-order valence-corrected chi connectivity index (χ2v) is 9.86. The molecule has 0 saturated carbocycles. The Bertz CT molecular complexity index is 1310. The molecule has 192 valence electrons. The molecule has 0 amide bonds. The first-order valence-corrected chi connectivity index (χ1v) is 12.7. The minimum Gasteiger partial charge on any atom is -0.494 e. The number of pyridine rings is 1. The maximum absolute atomic E-state index is 12.3. The Balaban J connectivity index is 1.81. The molecule has 2 atom stereocenters. The number of aliphatic hydroxyl groups excluding tert-OH is 1. The number of anilines is 1. The molecule has 0 bridgehead atoms. The summed E-state index contributed by atoms with van der Waals surface area (Å²) in [7, 11) is -0.956. The average Bonchev–Trinajstić information content (AvgIpc) is 2.84. The van der Waals surface area contributed by atoms with Gasteiger partial charge in [0, 0.05) is 37.6 Å². The number of hydrogen-bond donors (Lipinski definition) is 3. The normalized spacial score (nSPS) is 13.7. The molecule has 2 heterocycles. The Morgan fingerprint density at radius 1 is 1.17 bits per heavy atom. The first-order chi connectivity index (χ1) is 17.1. The summed E-state index contributed by atoms with van der Waals surface area (Å²) in [4.78, 5) is 16.7. The van der Waals surface area contributed by atoms with Crippen LogP contribution in [0.2, 0.25) is 0 Å². The molecule has 3 rings (SSSR count). The highest BCUT2D eigenvalue weighted by Crippen LogP contribution is 2.35. The van der Waals surface area contributed by atoms with Crippen molar-refractivity contribution >= 4 is 21.5 Å². The first-order valence-electron chi connectivity index (χ1n) is 11.1. The number of ether oxygens (including phenoxy) is 2. The maximum atomic E-state index is 12.3. The number of nitrogens with two attached hydrogens (primary N) is 1. The first kappa shape index (κ1) is 27.0. The lowest BCUT2D eigenvalue weighted by atomic mass is 10.1. The van der Waals surface area contributed by atoms with E-state index in [1.807, 2.05) is 13.0 Å². The van der Waals surface area contributed by atoms with Crippen molar-refractivity contribution in [1.82, 2.24) is 15.0 Å². The van der Waals surface area contributed by atoms with Gasteiger partial charge in [0.15, 0.2) is 0 Å². The van der Waals surface area contributed by atoms with Gasteiger partial charge in [0.05, 0.1) is 31.3 Å². The Morgan fingerprint density at radius 2 is 1.92 bits per heavy atom. The van der Waals surface area contributed by atoms with Crippen LogP contribution in [0.3, 0.4) is 0 Å². The Kier molecular flexibility index (Phi) is 8.91. The molecule has 4 N–H and O–H groups in total. The van der Waals surface area contributed by atoms with Crippen LogP contribution in [-0.2, 0) is 10.0 Å². The van der Waals surface area contributed by atoms with E-state index in [2.05, 4.69) is 25.3 Å². The zero-order valence-corrected chi connectivity index (χ0v) is 21.4. The van der Waals surface area contributed by atoms with Crippen molar-refractivity contribution in [2.75, 3.05) is 26.1 Å². The number of primary sulfonamides is 1. The van der Waals surface area contributed by atoms with Gasteiger partial charge in [-0.1, -0.05) is 6.07 Å². The molecule has 0 unspecified atom stereocenters. The monoisotopic (exact) mass is 514 g/mol. The van der Waals surface area contributed by atoms with Crippen molar-refractivity contribution in [2.24, 2.45) is 10.1 Å². The molecular formula is C24H30N6O5S. The van der Waals surface area contributed by atoms with Gasteiger partial charge in [-0.25, -0.2) is 13.6 Å². The SMILES string of the molecule is CN=C(Nc1c(OC)cccc1OCC[C@H]([C@H](O)c1cnc(C)cn1)S(N)(=O)=O)c1cncc(C)c1. The predicted octanol–water partition coefficient (Wildman–Crippen LogP) is 2.15. The van der Waals surface area contributed by atoms with Crippen molar-refractivity contribution in [3.05, 3.63) is 71.6 Å². The third-order valence-corrected chi connectivity index (χ3v) is 6.70. The van der Waals surface area contributed by atoms with Crippen LogP contribution in [0.4, 0.5) is 5.69 Å². The lowest BCUT2D eigenvalue weighted by Gasteiger charge is -2.22. The van der Waals surface area contributed by atoms with Gasteiger partial charge in [-0.05, 0) is 37.6 Å². The summed E-state index contributed by atoms with van der Waals surface area (Å²) in [6.45, 7) is 3.60. The molecule has 3 aromatic rings. The topological polar surface area (TPSA) is 162 Å². The third kappa shape index (κ3) is 6.74. The van der Waals surface area contributed by atoms with Crippen molar-refractivity contribution in [3.63, 3.8) is 0 Å². The fourth-order valence-corrected chi connectivity index (χ4v) is 4.44. The number of aliphatic imine (C=N–C) groups is 1. The number of aromatic nitrogens is 3. The van der Waals surface area contributed by atoms with E-state index in [0.717, 1.165) is 11.1 Å². The lowest BCUT2D eigenvalue weighted by Crippen LogP contribution is -2.35. The third-order valence-electron chi connectivity index (χ3n) is 5.36. The van der Waals surface area contributed by atoms with Crippen LogP contribution in [-0.4, -0.2) is 60.3 Å². The molecule has 2 aromatic heterocycles. The summed E-state index contributed by atoms with van der Waals surface area (Å²) in [5, 5.41) is 18.0. The highest BCUT2D eigenvalue weighted by molar-refractivity contribution is 7.89. The molecule has 11 nitrogen and oxygen atoms in total. The molecule has 0 aliphatic carbocycles. The number of nitrogens with zero attached hydrogens (tertiary/aromatic N) is 4. The van der Waals surface area contributed by atoms with Crippen LogP contribution in [0.25, 0.3) is 0 Å². The lowest BCUT2D eigenvalue weighted by molar-refractivity contribution is 0.153. The van der Waals surface area contributed by atoms with Gasteiger partial charge in [0.1, 0.15) is 34.4 Å². The zero-order chi connectivity index (χ0) is 26.3. The number of amidine groups is 1. The van der Waals surface area contributed by atoms with Crippen LogP contribution >= 0.6 is 0 Å². The molecule has 1 aromatic carbocycles. The molecule has 12 heteroatoms. The van der Waals surface area contributed by atoms with E-state index < -0.39 is 21.4 Å². The zero-order valence-electron chi connectivity index (χ0n) is 20.5.